The highest BCUT2D eigenvalue weighted by Crippen LogP contribution is 2.22. The Kier molecular flexibility index (Phi) is 4.60. The van der Waals surface area contributed by atoms with Gasteiger partial charge in [0.05, 0.1) is 0 Å². The molecule has 0 aliphatic rings. The lowest BCUT2D eigenvalue weighted by Crippen LogP contribution is -2.19. The monoisotopic (exact) mass is 313 g/mol. The first-order valence-corrected chi connectivity index (χ1v) is 6.22. The highest BCUT2D eigenvalue weighted by molar-refractivity contribution is 6.33. The minimum absolute atomic E-state index is 0.0407. The predicted octanol–water partition coefficient (Wildman–Crippen LogP) is 3.34. The van der Waals surface area contributed by atoms with Gasteiger partial charge in [0.15, 0.2) is 0 Å². The molecule has 20 heavy (non-hydrogen) atoms. The second-order valence-corrected chi connectivity index (χ2v) is 4.48. The lowest BCUT2D eigenvalue weighted by atomic mass is 10.2. The number of hydrogen-bond donors (Lipinski definition) is 2. The van der Waals surface area contributed by atoms with E-state index < -0.39 is 6.09 Å². The summed E-state index contributed by atoms with van der Waals surface area (Å²) in [5.74, 6) is 0.488. The van der Waals surface area contributed by atoms with Gasteiger partial charge < -0.3 is 15.2 Å². The molecule has 0 radical (unpaired) electrons. The zero-order valence-electron chi connectivity index (χ0n) is 10.0. The number of amides is 1. The minimum atomic E-state index is -1.08. The van der Waals surface area contributed by atoms with E-state index in [0.29, 0.717) is 5.75 Å². The van der Waals surface area contributed by atoms with Crippen LogP contribution in [0.2, 0.25) is 10.3 Å². The summed E-state index contributed by atoms with van der Waals surface area (Å²) in [5.41, 5.74) is 0.796. The van der Waals surface area contributed by atoms with Crippen molar-refractivity contribution in [3.05, 3.63) is 46.2 Å². The third-order valence-corrected chi connectivity index (χ3v) is 2.61. The van der Waals surface area contributed by atoms with E-state index in [0.717, 1.165) is 5.56 Å². The molecule has 0 aliphatic carbocycles. The minimum Gasteiger partial charge on any atom is -0.465 e. The van der Waals surface area contributed by atoms with Crippen LogP contribution in [0.5, 0.6) is 11.8 Å². The van der Waals surface area contributed by atoms with E-state index in [4.69, 9.17) is 33.0 Å². The molecule has 2 aromatic rings. The van der Waals surface area contributed by atoms with Gasteiger partial charge in [-0.25, -0.2) is 4.79 Å². The van der Waals surface area contributed by atoms with E-state index >= 15 is 0 Å². The standard InChI is InChI=1S/C12H9Cl2N3O3/c13-9-5-10(14)17-11(16-9)20-8-3-1-7(2-4-8)6-15-12(18)19/h1-5,15H,6H2,(H,18,19). The smallest absolute Gasteiger partial charge is 0.404 e. The first kappa shape index (κ1) is 14.4. The lowest BCUT2D eigenvalue weighted by molar-refractivity contribution is 0.194. The van der Waals surface area contributed by atoms with Crippen LogP contribution in [0.15, 0.2) is 30.3 Å². The van der Waals surface area contributed by atoms with Gasteiger partial charge in [0.25, 0.3) is 0 Å². The molecule has 0 bridgehead atoms. The molecule has 0 atom stereocenters. The summed E-state index contributed by atoms with van der Waals surface area (Å²) in [6, 6.07) is 8.21. The van der Waals surface area contributed by atoms with Gasteiger partial charge in [-0.05, 0) is 17.7 Å². The number of hydrogen-bond acceptors (Lipinski definition) is 4. The summed E-state index contributed by atoms with van der Waals surface area (Å²) in [6.45, 7) is 0.217. The normalized spacial score (nSPS) is 10.1. The second kappa shape index (κ2) is 6.40. The van der Waals surface area contributed by atoms with Crippen molar-refractivity contribution in [1.29, 1.82) is 0 Å². The first-order chi connectivity index (χ1) is 9.52. The molecular weight excluding hydrogens is 305 g/mol. The van der Waals surface area contributed by atoms with Crippen molar-refractivity contribution in [3.63, 3.8) is 0 Å². The fourth-order valence-corrected chi connectivity index (χ4v) is 1.78. The molecule has 104 valence electrons. The molecule has 0 spiro atoms. The van der Waals surface area contributed by atoms with E-state index in [1.54, 1.807) is 24.3 Å². The van der Waals surface area contributed by atoms with Crippen LogP contribution in [-0.2, 0) is 6.54 Å². The average Bonchev–Trinajstić information content (AvgIpc) is 2.36. The number of benzene rings is 1. The summed E-state index contributed by atoms with van der Waals surface area (Å²) in [6.07, 6.45) is -1.08. The number of aromatic nitrogens is 2. The van der Waals surface area contributed by atoms with Crippen molar-refractivity contribution in [2.45, 2.75) is 6.54 Å². The Bertz CT molecular complexity index is 600. The fourth-order valence-electron chi connectivity index (χ4n) is 1.37. The zero-order chi connectivity index (χ0) is 14.5. The summed E-state index contributed by atoms with van der Waals surface area (Å²) in [4.78, 5) is 18.1. The maximum atomic E-state index is 10.4. The van der Waals surface area contributed by atoms with Gasteiger partial charge >= 0.3 is 12.1 Å². The Labute approximate surface area is 124 Å². The van der Waals surface area contributed by atoms with Gasteiger partial charge in [0, 0.05) is 12.6 Å². The Morgan fingerprint density at radius 1 is 1.20 bits per heavy atom. The van der Waals surface area contributed by atoms with Gasteiger partial charge in [-0.2, -0.15) is 9.97 Å². The summed E-state index contributed by atoms with van der Waals surface area (Å²) in [5, 5.41) is 11.1. The molecule has 0 aliphatic heterocycles. The molecule has 0 saturated carbocycles. The van der Waals surface area contributed by atoms with E-state index in [9.17, 15) is 4.79 Å². The number of rotatable bonds is 4. The molecule has 0 saturated heterocycles. The number of ether oxygens (including phenoxy) is 1. The van der Waals surface area contributed by atoms with E-state index in [1.165, 1.54) is 6.07 Å². The summed E-state index contributed by atoms with van der Waals surface area (Å²) in [7, 11) is 0. The van der Waals surface area contributed by atoms with Crippen LogP contribution in [0, 0.1) is 0 Å². The Morgan fingerprint density at radius 2 is 1.80 bits per heavy atom. The molecule has 2 rings (SSSR count). The summed E-state index contributed by atoms with van der Waals surface area (Å²) < 4.78 is 5.39. The third kappa shape index (κ3) is 4.25. The number of halogens is 2. The Morgan fingerprint density at radius 3 is 2.35 bits per heavy atom. The largest absolute Gasteiger partial charge is 0.465 e. The SMILES string of the molecule is O=C(O)NCc1ccc(Oc2nc(Cl)cc(Cl)n2)cc1. The van der Waals surface area contributed by atoms with Crippen LogP contribution in [0.3, 0.4) is 0 Å². The molecular formula is C12H9Cl2N3O3. The highest BCUT2D eigenvalue weighted by atomic mass is 35.5. The number of carboxylic acid groups (broad SMARTS) is 1. The Hall–Kier alpha value is -2.05. The first-order valence-electron chi connectivity index (χ1n) is 5.46. The molecule has 1 amide bonds. The molecule has 6 nitrogen and oxygen atoms in total. The average molecular weight is 314 g/mol. The van der Waals surface area contributed by atoms with Crippen molar-refractivity contribution in [2.24, 2.45) is 0 Å². The maximum absolute atomic E-state index is 10.4. The van der Waals surface area contributed by atoms with Crippen LogP contribution < -0.4 is 10.1 Å². The van der Waals surface area contributed by atoms with Crippen molar-refractivity contribution < 1.29 is 14.6 Å². The van der Waals surface area contributed by atoms with E-state index in [-0.39, 0.29) is 22.9 Å². The predicted molar refractivity (Wildman–Crippen MR) is 73.4 cm³/mol. The fraction of sp³-hybridized carbons (Fsp3) is 0.0833. The van der Waals surface area contributed by atoms with Gasteiger partial charge in [-0.15, -0.1) is 0 Å². The van der Waals surface area contributed by atoms with Gasteiger partial charge in [-0.3, -0.25) is 0 Å². The molecule has 2 N–H and O–H groups in total. The van der Waals surface area contributed by atoms with Crippen molar-refractivity contribution in [2.75, 3.05) is 0 Å². The van der Waals surface area contributed by atoms with E-state index in [2.05, 4.69) is 15.3 Å². The van der Waals surface area contributed by atoms with Gasteiger partial charge in [-0.1, -0.05) is 35.3 Å². The van der Waals surface area contributed by atoms with Crippen LogP contribution in [-0.4, -0.2) is 21.2 Å². The van der Waals surface area contributed by atoms with Crippen LogP contribution >= 0.6 is 23.2 Å². The quantitative estimate of drug-likeness (QED) is 0.846. The van der Waals surface area contributed by atoms with E-state index in [1.807, 2.05) is 0 Å². The number of nitrogens with zero attached hydrogens (tertiary/aromatic N) is 2. The third-order valence-electron chi connectivity index (χ3n) is 2.22. The molecule has 1 aromatic heterocycles. The Balaban J connectivity index is 2.04. The number of carbonyl (C=O) groups is 1. The number of nitrogens with one attached hydrogen (secondary N) is 1. The van der Waals surface area contributed by atoms with Gasteiger partial charge in [0.1, 0.15) is 16.1 Å². The van der Waals surface area contributed by atoms with Crippen LogP contribution in [0.4, 0.5) is 4.79 Å². The molecule has 1 aromatic carbocycles. The second-order valence-electron chi connectivity index (χ2n) is 3.70. The molecule has 8 heteroatoms. The van der Waals surface area contributed by atoms with Crippen LogP contribution in [0.25, 0.3) is 0 Å². The van der Waals surface area contributed by atoms with Crippen molar-refractivity contribution in [3.8, 4) is 11.8 Å². The molecule has 0 unspecified atom stereocenters. The zero-order valence-corrected chi connectivity index (χ0v) is 11.5. The van der Waals surface area contributed by atoms with Crippen molar-refractivity contribution in [1.82, 2.24) is 15.3 Å². The topological polar surface area (TPSA) is 84.3 Å². The lowest BCUT2D eigenvalue weighted by Gasteiger charge is -2.06. The van der Waals surface area contributed by atoms with Gasteiger partial charge in [0.2, 0.25) is 0 Å². The maximum Gasteiger partial charge on any atom is 0.404 e. The highest BCUT2D eigenvalue weighted by Gasteiger charge is 2.05. The van der Waals surface area contributed by atoms with Crippen molar-refractivity contribution >= 4 is 29.3 Å². The summed E-state index contributed by atoms with van der Waals surface area (Å²) >= 11 is 11.5. The molecule has 1 heterocycles. The van der Waals surface area contributed by atoms with Crippen LogP contribution in [0.1, 0.15) is 5.56 Å². The molecule has 0 fully saturated rings.